The lowest BCUT2D eigenvalue weighted by atomic mass is 10.2. The van der Waals surface area contributed by atoms with Crippen molar-refractivity contribution in [1.82, 2.24) is 9.88 Å². The van der Waals surface area contributed by atoms with Crippen LogP contribution in [0.5, 0.6) is 0 Å². The van der Waals surface area contributed by atoms with E-state index in [-0.39, 0.29) is 5.78 Å². The number of aromatic nitrogens is 1. The number of rotatable bonds is 5. The average molecular weight is 252 g/mol. The normalized spacial score (nSPS) is 10.6. The molecular formula is C16H16N2O. The van der Waals surface area contributed by atoms with Crippen molar-refractivity contribution >= 4 is 5.78 Å². The van der Waals surface area contributed by atoms with Crippen LogP contribution in [0.2, 0.25) is 0 Å². The molecule has 0 amide bonds. The molecule has 0 aliphatic rings. The highest BCUT2D eigenvalue weighted by atomic mass is 16.1. The first kappa shape index (κ1) is 13.0. The Morgan fingerprint density at radius 3 is 2.58 bits per heavy atom. The predicted molar refractivity (Wildman–Crippen MR) is 75.6 cm³/mol. The highest BCUT2D eigenvalue weighted by molar-refractivity contribution is 6.02. The number of hydrogen-bond acceptors (Lipinski definition) is 3. The van der Waals surface area contributed by atoms with E-state index in [0.29, 0.717) is 5.69 Å². The third kappa shape index (κ3) is 4.07. The maximum Gasteiger partial charge on any atom is 0.205 e. The van der Waals surface area contributed by atoms with Crippen LogP contribution in [0.15, 0.2) is 67.0 Å². The molecule has 1 aromatic carbocycles. The van der Waals surface area contributed by atoms with Gasteiger partial charge in [-0.25, -0.2) is 0 Å². The molecule has 0 unspecified atom stereocenters. The van der Waals surface area contributed by atoms with Crippen molar-refractivity contribution in [2.75, 3.05) is 7.05 Å². The Hall–Kier alpha value is -2.42. The van der Waals surface area contributed by atoms with Crippen molar-refractivity contribution < 1.29 is 4.79 Å². The van der Waals surface area contributed by atoms with E-state index in [0.717, 1.165) is 6.54 Å². The van der Waals surface area contributed by atoms with Crippen LogP contribution < -0.4 is 0 Å². The number of ketones is 1. The van der Waals surface area contributed by atoms with Gasteiger partial charge in [0, 0.05) is 32.1 Å². The Balaban J connectivity index is 1.94. The van der Waals surface area contributed by atoms with Crippen LogP contribution in [0.1, 0.15) is 16.1 Å². The van der Waals surface area contributed by atoms with Crippen LogP contribution in [-0.4, -0.2) is 22.7 Å². The topological polar surface area (TPSA) is 33.2 Å². The van der Waals surface area contributed by atoms with Gasteiger partial charge in [0.15, 0.2) is 0 Å². The zero-order valence-corrected chi connectivity index (χ0v) is 10.9. The van der Waals surface area contributed by atoms with Crippen molar-refractivity contribution in [3.05, 3.63) is 78.3 Å². The van der Waals surface area contributed by atoms with Crippen LogP contribution in [0.25, 0.3) is 0 Å². The number of nitrogens with zero attached hydrogens (tertiary/aromatic N) is 2. The Morgan fingerprint density at radius 2 is 1.89 bits per heavy atom. The molecule has 0 spiro atoms. The molecule has 0 saturated carbocycles. The molecular weight excluding hydrogens is 236 g/mol. The maximum atomic E-state index is 11.8. The molecule has 0 bridgehead atoms. The van der Waals surface area contributed by atoms with Gasteiger partial charge in [0.2, 0.25) is 5.78 Å². The lowest BCUT2D eigenvalue weighted by Crippen LogP contribution is -2.11. The highest BCUT2D eigenvalue weighted by Gasteiger charge is 2.02. The Bertz CT molecular complexity index is 549. The van der Waals surface area contributed by atoms with Gasteiger partial charge in [-0.15, -0.1) is 0 Å². The molecule has 1 aromatic heterocycles. The van der Waals surface area contributed by atoms with Crippen molar-refractivity contribution in [3.63, 3.8) is 0 Å². The van der Waals surface area contributed by atoms with Crippen molar-refractivity contribution in [2.45, 2.75) is 6.54 Å². The largest absolute Gasteiger partial charge is 0.376 e. The van der Waals surface area contributed by atoms with Crippen LogP contribution in [0.3, 0.4) is 0 Å². The Morgan fingerprint density at radius 1 is 1.16 bits per heavy atom. The summed E-state index contributed by atoms with van der Waals surface area (Å²) in [7, 11) is 1.94. The van der Waals surface area contributed by atoms with E-state index in [9.17, 15) is 4.79 Å². The summed E-state index contributed by atoms with van der Waals surface area (Å²) in [6.07, 6.45) is 4.95. The van der Waals surface area contributed by atoms with Gasteiger partial charge in [0.1, 0.15) is 5.69 Å². The molecule has 0 aliphatic carbocycles. The van der Waals surface area contributed by atoms with Crippen molar-refractivity contribution in [1.29, 1.82) is 0 Å². The third-order valence-corrected chi connectivity index (χ3v) is 2.67. The number of pyridine rings is 1. The van der Waals surface area contributed by atoms with Crippen molar-refractivity contribution in [3.8, 4) is 0 Å². The van der Waals surface area contributed by atoms with Gasteiger partial charge in [-0.3, -0.25) is 9.78 Å². The fraction of sp³-hybridized carbons (Fsp3) is 0.125. The number of carbonyl (C=O) groups is 1. The van der Waals surface area contributed by atoms with Gasteiger partial charge in [-0.05, 0) is 17.7 Å². The minimum Gasteiger partial charge on any atom is -0.376 e. The van der Waals surface area contributed by atoms with E-state index in [4.69, 9.17) is 0 Å². The number of allylic oxidation sites excluding steroid dienone is 1. The maximum absolute atomic E-state index is 11.8. The molecule has 2 aromatic rings. The zero-order valence-electron chi connectivity index (χ0n) is 10.9. The fourth-order valence-electron chi connectivity index (χ4n) is 1.71. The summed E-state index contributed by atoms with van der Waals surface area (Å²) in [5, 5.41) is 0. The van der Waals surface area contributed by atoms with E-state index in [2.05, 4.69) is 17.1 Å². The molecule has 3 nitrogen and oxygen atoms in total. The molecule has 0 fully saturated rings. The molecule has 0 aliphatic heterocycles. The second-order valence-electron chi connectivity index (χ2n) is 4.30. The van der Waals surface area contributed by atoms with E-state index in [1.807, 2.05) is 36.2 Å². The predicted octanol–water partition coefficient (Wildman–Crippen LogP) is 2.91. The number of hydrogen-bond donors (Lipinski definition) is 0. The second-order valence-corrected chi connectivity index (χ2v) is 4.30. The summed E-state index contributed by atoms with van der Waals surface area (Å²) in [6.45, 7) is 0.771. The van der Waals surface area contributed by atoms with Crippen molar-refractivity contribution in [2.24, 2.45) is 0 Å². The first-order valence-corrected chi connectivity index (χ1v) is 6.13. The minimum atomic E-state index is -0.0829. The van der Waals surface area contributed by atoms with Gasteiger partial charge < -0.3 is 4.90 Å². The lowest BCUT2D eigenvalue weighted by Gasteiger charge is -2.13. The highest BCUT2D eigenvalue weighted by Crippen LogP contribution is 2.03. The molecule has 0 saturated heterocycles. The first-order valence-electron chi connectivity index (χ1n) is 6.13. The van der Waals surface area contributed by atoms with Gasteiger partial charge in [-0.2, -0.15) is 0 Å². The summed E-state index contributed by atoms with van der Waals surface area (Å²) in [4.78, 5) is 17.8. The molecule has 0 atom stereocenters. The minimum absolute atomic E-state index is 0.0829. The van der Waals surface area contributed by atoms with Gasteiger partial charge in [0.25, 0.3) is 0 Å². The molecule has 2 rings (SSSR count). The SMILES string of the molecule is CN(C=CC(=O)c1ccccn1)Cc1ccccc1. The lowest BCUT2D eigenvalue weighted by molar-refractivity contribution is 0.104. The number of carbonyl (C=O) groups excluding carboxylic acids is 1. The van der Waals surface area contributed by atoms with Gasteiger partial charge in [-0.1, -0.05) is 36.4 Å². The summed E-state index contributed by atoms with van der Waals surface area (Å²) < 4.78 is 0. The fourth-order valence-corrected chi connectivity index (χ4v) is 1.71. The molecule has 3 heteroatoms. The molecule has 96 valence electrons. The summed E-state index contributed by atoms with van der Waals surface area (Å²) in [6, 6.07) is 15.4. The van der Waals surface area contributed by atoms with Crippen LogP contribution in [0, 0.1) is 0 Å². The summed E-state index contributed by atoms with van der Waals surface area (Å²) in [5.41, 5.74) is 1.67. The van der Waals surface area contributed by atoms with Gasteiger partial charge in [0.05, 0.1) is 0 Å². The molecule has 19 heavy (non-hydrogen) atoms. The summed E-state index contributed by atoms with van der Waals surface area (Å²) in [5.74, 6) is -0.0829. The second kappa shape index (κ2) is 6.50. The van der Waals surface area contributed by atoms with E-state index in [1.54, 1.807) is 30.6 Å². The third-order valence-electron chi connectivity index (χ3n) is 2.67. The van der Waals surface area contributed by atoms with E-state index < -0.39 is 0 Å². The quantitative estimate of drug-likeness (QED) is 0.606. The van der Waals surface area contributed by atoms with Crippen LogP contribution in [0.4, 0.5) is 0 Å². The van der Waals surface area contributed by atoms with E-state index >= 15 is 0 Å². The molecule has 0 N–H and O–H groups in total. The molecule has 0 radical (unpaired) electrons. The monoisotopic (exact) mass is 252 g/mol. The first-order chi connectivity index (χ1) is 9.25. The Kier molecular flexibility index (Phi) is 4.45. The van der Waals surface area contributed by atoms with Crippen LogP contribution in [-0.2, 0) is 6.54 Å². The summed E-state index contributed by atoms with van der Waals surface area (Å²) >= 11 is 0. The van der Waals surface area contributed by atoms with E-state index in [1.165, 1.54) is 5.56 Å². The average Bonchev–Trinajstić information content (AvgIpc) is 2.47. The molecule has 1 heterocycles. The smallest absolute Gasteiger partial charge is 0.205 e. The number of benzene rings is 1. The van der Waals surface area contributed by atoms with Gasteiger partial charge >= 0.3 is 0 Å². The standard InChI is InChI=1S/C16H16N2O/c1-18(13-14-7-3-2-4-8-14)12-10-16(19)15-9-5-6-11-17-15/h2-12H,13H2,1H3. The zero-order chi connectivity index (χ0) is 13.5. The van der Waals surface area contributed by atoms with Crippen LogP contribution >= 0.6 is 0 Å². The Labute approximate surface area is 113 Å².